The highest BCUT2D eigenvalue weighted by Crippen LogP contribution is 2.30. The molecule has 27 heavy (non-hydrogen) atoms. The molecule has 0 radical (unpaired) electrons. The highest BCUT2D eigenvalue weighted by Gasteiger charge is 2.33. The second-order valence-electron chi connectivity index (χ2n) is 6.81. The lowest BCUT2D eigenvalue weighted by Gasteiger charge is -2.22. The van der Waals surface area contributed by atoms with Crippen molar-refractivity contribution in [2.45, 2.75) is 45.0 Å². The number of hydrogen-bond donors (Lipinski definition) is 3. The van der Waals surface area contributed by atoms with Crippen molar-refractivity contribution in [1.29, 1.82) is 0 Å². The van der Waals surface area contributed by atoms with Crippen molar-refractivity contribution in [3.63, 3.8) is 0 Å². The number of ether oxygens (including phenoxy) is 1. The zero-order valence-corrected chi connectivity index (χ0v) is 15.4. The van der Waals surface area contributed by atoms with Gasteiger partial charge >= 0.3 is 12.0 Å². The summed E-state index contributed by atoms with van der Waals surface area (Å²) in [5, 5.41) is 19.0. The molecule has 0 spiro atoms. The summed E-state index contributed by atoms with van der Waals surface area (Å²) in [4.78, 5) is 23.2. The van der Waals surface area contributed by atoms with Crippen LogP contribution >= 0.6 is 0 Å². The Morgan fingerprint density at radius 3 is 2.70 bits per heavy atom. The van der Waals surface area contributed by atoms with Crippen molar-refractivity contribution in [3.05, 3.63) is 53.3 Å². The lowest BCUT2D eigenvalue weighted by atomic mass is 10.1. The number of nitrogens with one attached hydrogen (secondary N) is 2. The Hall–Kier alpha value is -2.87. The summed E-state index contributed by atoms with van der Waals surface area (Å²) in [6.45, 7) is 5.00. The molecule has 1 aromatic carbocycles. The minimum Gasteiger partial charge on any atom is -0.478 e. The van der Waals surface area contributed by atoms with E-state index in [0.29, 0.717) is 13.2 Å². The van der Waals surface area contributed by atoms with Crippen molar-refractivity contribution in [3.8, 4) is 0 Å². The molecule has 1 fully saturated rings. The number of amides is 2. The zero-order valence-electron chi connectivity index (χ0n) is 15.4. The monoisotopic (exact) mass is 372 g/mol. The molecular formula is C19H24N4O4. The van der Waals surface area contributed by atoms with Crippen LogP contribution in [0.5, 0.6) is 0 Å². The van der Waals surface area contributed by atoms with Gasteiger partial charge in [-0.05, 0) is 44.0 Å². The third kappa shape index (κ3) is 4.46. The molecule has 1 aliphatic rings. The first-order valence-electron chi connectivity index (χ1n) is 8.97. The lowest BCUT2D eigenvalue weighted by molar-refractivity contribution is 0.0697. The summed E-state index contributed by atoms with van der Waals surface area (Å²) in [7, 11) is 0. The quantitative estimate of drug-likeness (QED) is 0.722. The van der Waals surface area contributed by atoms with Crippen molar-refractivity contribution in [2.24, 2.45) is 0 Å². The smallest absolute Gasteiger partial charge is 0.335 e. The molecule has 144 valence electrons. The van der Waals surface area contributed by atoms with Crippen LogP contribution < -0.4 is 10.6 Å². The molecule has 0 aliphatic carbocycles. The van der Waals surface area contributed by atoms with Gasteiger partial charge in [0.25, 0.3) is 0 Å². The summed E-state index contributed by atoms with van der Waals surface area (Å²) in [5.41, 5.74) is 2.00. The van der Waals surface area contributed by atoms with Crippen LogP contribution in [-0.2, 0) is 11.3 Å². The van der Waals surface area contributed by atoms with Gasteiger partial charge in [-0.3, -0.25) is 4.68 Å². The Kier molecular flexibility index (Phi) is 5.75. The number of aromatic carboxylic acids is 1. The minimum atomic E-state index is -0.972. The normalized spacial score (nSPS) is 19.2. The molecular weight excluding hydrogens is 348 g/mol. The summed E-state index contributed by atoms with van der Waals surface area (Å²) in [6.07, 6.45) is 2.25. The molecule has 1 aromatic heterocycles. The van der Waals surface area contributed by atoms with Crippen LogP contribution in [0.15, 0.2) is 36.5 Å². The van der Waals surface area contributed by atoms with Crippen LogP contribution in [-0.4, -0.2) is 39.5 Å². The van der Waals surface area contributed by atoms with E-state index in [0.717, 1.165) is 17.7 Å². The van der Waals surface area contributed by atoms with Gasteiger partial charge in [-0.25, -0.2) is 9.59 Å². The van der Waals surface area contributed by atoms with Crippen molar-refractivity contribution in [2.75, 3.05) is 6.61 Å². The first-order valence-corrected chi connectivity index (χ1v) is 8.97. The zero-order chi connectivity index (χ0) is 19.4. The van der Waals surface area contributed by atoms with Crippen molar-refractivity contribution < 1.29 is 19.4 Å². The standard InChI is InChI=1S/C19H24N4O4/c1-12(2)23-16(7-9-21-23)17-15(8-10-27-17)22-19(26)20-11-13-3-5-14(6-4-13)18(24)25/h3-7,9,12,15,17H,8,10-11H2,1-2H3,(H,24,25)(H2,20,22,26)/t15-,17-/m0/s1. The molecule has 1 saturated heterocycles. The third-order valence-electron chi connectivity index (χ3n) is 4.54. The van der Waals surface area contributed by atoms with Gasteiger partial charge in [0.05, 0.1) is 17.3 Å². The lowest BCUT2D eigenvalue weighted by Crippen LogP contribution is -2.43. The Balaban J connectivity index is 1.56. The molecule has 2 atom stereocenters. The number of carboxylic acid groups (broad SMARTS) is 1. The number of hydrogen-bond acceptors (Lipinski definition) is 4. The van der Waals surface area contributed by atoms with Gasteiger partial charge in [-0.2, -0.15) is 5.10 Å². The molecule has 2 amide bonds. The number of carbonyl (C=O) groups is 2. The molecule has 0 unspecified atom stereocenters. The number of aromatic nitrogens is 2. The second kappa shape index (κ2) is 8.22. The fraction of sp³-hybridized carbons (Fsp3) is 0.421. The Morgan fingerprint density at radius 2 is 2.04 bits per heavy atom. The van der Waals surface area contributed by atoms with E-state index in [1.807, 2.05) is 10.7 Å². The topological polar surface area (TPSA) is 105 Å². The van der Waals surface area contributed by atoms with E-state index in [1.54, 1.807) is 18.3 Å². The highest BCUT2D eigenvalue weighted by atomic mass is 16.5. The SMILES string of the molecule is CC(C)n1nccc1[C@H]1OCC[C@@H]1NC(=O)NCc1ccc(C(=O)O)cc1. The Morgan fingerprint density at radius 1 is 1.30 bits per heavy atom. The average molecular weight is 372 g/mol. The number of carbonyl (C=O) groups excluding carboxylic acids is 1. The van der Waals surface area contributed by atoms with Crippen LogP contribution in [0.4, 0.5) is 4.79 Å². The molecule has 1 aliphatic heterocycles. The summed E-state index contributed by atoms with van der Waals surface area (Å²) >= 11 is 0. The third-order valence-corrected chi connectivity index (χ3v) is 4.54. The summed E-state index contributed by atoms with van der Waals surface area (Å²) in [6, 6.07) is 8.13. The van der Waals surface area contributed by atoms with Gasteiger partial charge in [0.1, 0.15) is 6.10 Å². The molecule has 0 saturated carbocycles. The van der Waals surface area contributed by atoms with Crippen LogP contribution in [0.3, 0.4) is 0 Å². The number of rotatable bonds is 6. The Labute approximate surface area is 157 Å². The van der Waals surface area contributed by atoms with E-state index in [2.05, 4.69) is 29.6 Å². The van der Waals surface area contributed by atoms with E-state index < -0.39 is 5.97 Å². The summed E-state index contributed by atoms with van der Waals surface area (Å²) in [5.74, 6) is -0.972. The maximum absolute atomic E-state index is 12.3. The predicted octanol–water partition coefficient (Wildman–Crippen LogP) is 2.49. The van der Waals surface area contributed by atoms with Crippen LogP contribution in [0, 0.1) is 0 Å². The Bertz CT molecular complexity index is 800. The molecule has 2 heterocycles. The van der Waals surface area contributed by atoms with E-state index >= 15 is 0 Å². The van der Waals surface area contributed by atoms with Crippen LogP contribution in [0.2, 0.25) is 0 Å². The fourth-order valence-corrected chi connectivity index (χ4v) is 3.18. The maximum Gasteiger partial charge on any atom is 0.335 e. The second-order valence-corrected chi connectivity index (χ2v) is 6.81. The maximum atomic E-state index is 12.3. The van der Waals surface area contributed by atoms with E-state index in [4.69, 9.17) is 9.84 Å². The van der Waals surface area contributed by atoms with Crippen LogP contribution in [0.25, 0.3) is 0 Å². The number of carboxylic acids is 1. The van der Waals surface area contributed by atoms with Gasteiger partial charge in [0.15, 0.2) is 0 Å². The van der Waals surface area contributed by atoms with E-state index in [9.17, 15) is 9.59 Å². The van der Waals surface area contributed by atoms with Gasteiger partial charge in [-0.1, -0.05) is 12.1 Å². The van der Waals surface area contributed by atoms with Crippen molar-refractivity contribution >= 4 is 12.0 Å². The van der Waals surface area contributed by atoms with Gasteiger partial charge < -0.3 is 20.5 Å². The van der Waals surface area contributed by atoms with Gasteiger partial charge in [0.2, 0.25) is 0 Å². The molecule has 8 heteroatoms. The largest absolute Gasteiger partial charge is 0.478 e. The van der Waals surface area contributed by atoms with E-state index in [-0.39, 0.29) is 29.8 Å². The van der Waals surface area contributed by atoms with Gasteiger partial charge in [0, 0.05) is 25.4 Å². The molecule has 3 N–H and O–H groups in total. The van der Waals surface area contributed by atoms with E-state index in [1.165, 1.54) is 12.1 Å². The van der Waals surface area contributed by atoms with Crippen molar-refractivity contribution in [1.82, 2.24) is 20.4 Å². The van der Waals surface area contributed by atoms with Gasteiger partial charge in [-0.15, -0.1) is 0 Å². The molecule has 3 rings (SSSR count). The highest BCUT2D eigenvalue weighted by molar-refractivity contribution is 5.87. The minimum absolute atomic E-state index is 0.131. The molecule has 0 bridgehead atoms. The fourth-order valence-electron chi connectivity index (χ4n) is 3.18. The first-order chi connectivity index (χ1) is 13.0. The van der Waals surface area contributed by atoms with Crippen LogP contribution in [0.1, 0.15) is 54.0 Å². The number of nitrogens with zero attached hydrogens (tertiary/aromatic N) is 2. The number of benzene rings is 1. The first kappa shape index (κ1) is 18.9. The summed E-state index contributed by atoms with van der Waals surface area (Å²) < 4.78 is 7.75. The number of urea groups is 1. The average Bonchev–Trinajstić information content (AvgIpc) is 3.29. The molecule has 8 nitrogen and oxygen atoms in total. The molecule has 2 aromatic rings. The predicted molar refractivity (Wildman–Crippen MR) is 98.5 cm³/mol.